The molecule has 3 aromatic rings. The first kappa shape index (κ1) is 42.1. The van der Waals surface area contributed by atoms with Gasteiger partial charge in [0.25, 0.3) is 0 Å². The number of rotatable bonds is 11. The molecule has 0 fully saturated rings. The minimum Gasteiger partial charge on any atom is -0.490 e. The van der Waals surface area contributed by atoms with Crippen LogP contribution in [0.25, 0.3) is 10.2 Å². The molecule has 0 spiro atoms. The lowest BCUT2D eigenvalue weighted by Crippen LogP contribution is -2.58. The second kappa shape index (κ2) is 20.7. The minimum atomic E-state index is -1.43. The quantitative estimate of drug-likeness (QED) is 0.0553. The van der Waals surface area contributed by atoms with Crippen molar-refractivity contribution in [2.75, 3.05) is 19.7 Å². The third kappa shape index (κ3) is 13.6. The predicted octanol–water partition coefficient (Wildman–Crippen LogP) is 2.34. The number of fused-ring (bicyclic) bond motifs is 17. The smallest absolute Gasteiger partial charge is 0.243 e. The van der Waals surface area contributed by atoms with Gasteiger partial charge in [-0.15, -0.1) is 11.3 Å². The fourth-order valence-corrected chi connectivity index (χ4v) is 6.77. The van der Waals surface area contributed by atoms with Gasteiger partial charge in [0.1, 0.15) is 30.5 Å². The molecule has 2 aliphatic heterocycles. The van der Waals surface area contributed by atoms with Gasteiger partial charge in [-0.05, 0) is 68.0 Å². The van der Waals surface area contributed by atoms with Crippen molar-refractivity contribution in [2.24, 2.45) is 16.6 Å². The average Bonchev–Trinajstić information content (AvgIpc) is 3.57. The normalized spacial score (nSPS) is 20.1. The molecule has 55 heavy (non-hydrogen) atoms. The van der Waals surface area contributed by atoms with Crippen LogP contribution >= 0.6 is 11.3 Å². The summed E-state index contributed by atoms with van der Waals surface area (Å²) in [5, 5.41) is 13.8. The van der Waals surface area contributed by atoms with Crippen molar-refractivity contribution < 1.29 is 33.5 Å². The van der Waals surface area contributed by atoms with E-state index in [1.54, 1.807) is 49.4 Å². The van der Waals surface area contributed by atoms with Gasteiger partial charge < -0.3 is 37.1 Å². The average molecular weight is 775 g/mol. The second-order valence-electron chi connectivity index (χ2n) is 13.7. The number of carbonyl (C=O) groups excluding carboxylic acids is 6. The number of ether oxygens (including phenoxy) is 1. The third-order valence-corrected chi connectivity index (χ3v) is 9.55. The van der Waals surface area contributed by atoms with Gasteiger partial charge in [0.2, 0.25) is 35.3 Å². The molecule has 0 saturated carbocycles. The van der Waals surface area contributed by atoms with Crippen LogP contribution in [0.15, 0.2) is 65.7 Å². The van der Waals surface area contributed by atoms with Gasteiger partial charge in [-0.1, -0.05) is 44.2 Å². The van der Waals surface area contributed by atoms with Gasteiger partial charge in [-0.3, -0.25) is 33.8 Å². The van der Waals surface area contributed by atoms with E-state index in [-0.39, 0.29) is 43.3 Å². The molecule has 2 aliphatic rings. The molecule has 16 heteroatoms. The highest BCUT2D eigenvalue weighted by atomic mass is 32.1. The van der Waals surface area contributed by atoms with Crippen molar-refractivity contribution in [3.05, 3.63) is 71.3 Å². The van der Waals surface area contributed by atoms with Crippen LogP contribution in [0.3, 0.4) is 0 Å². The number of hydrogen-bond acceptors (Lipinski definition) is 10. The second-order valence-corrected chi connectivity index (χ2v) is 14.8. The number of para-hydroxylation sites is 1. The van der Waals surface area contributed by atoms with E-state index in [1.807, 2.05) is 32.0 Å². The van der Waals surface area contributed by atoms with Crippen LogP contribution in [0.4, 0.5) is 0 Å². The Morgan fingerprint density at radius 2 is 1.75 bits per heavy atom. The molecule has 0 aliphatic carbocycles. The molecular formula is C39H50N8O7S. The number of nitrogens with zero attached hydrogens (tertiary/aromatic N) is 2. The molecule has 4 atom stereocenters. The van der Waals surface area contributed by atoms with Crippen molar-refractivity contribution in [1.82, 2.24) is 31.6 Å². The van der Waals surface area contributed by atoms with Crippen molar-refractivity contribution >= 4 is 62.7 Å². The molecule has 1 aromatic heterocycles. The number of aliphatic imine (C=N–C) groups is 1. The minimum absolute atomic E-state index is 0.0775. The van der Waals surface area contributed by atoms with E-state index in [1.165, 1.54) is 18.3 Å². The number of benzene rings is 2. The summed E-state index contributed by atoms with van der Waals surface area (Å²) in [5.41, 5.74) is 7.09. The molecular weight excluding hydrogens is 725 g/mol. The van der Waals surface area contributed by atoms with E-state index >= 15 is 0 Å². The summed E-state index contributed by atoms with van der Waals surface area (Å²) in [7, 11) is 0. The number of amides is 5. The van der Waals surface area contributed by atoms with Gasteiger partial charge in [0.05, 0.1) is 28.5 Å². The van der Waals surface area contributed by atoms with Gasteiger partial charge in [-0.25, -0.2) is 4.98 Å². The summed E-state index contributed by atoms with van der Waals surface area (Å²) >= 11 is 1.20. The van der Waals surface area contributed by atoms with Gasteiger partial charge in [0.15, 0.2) is 5.01 Å². The Morgan fingerprint density at radius 1 is 1.00 bits per heavy atom. The number of amidine groups is 1. The van der Waals surface area contributed by atoms with E-state index < -0.39 is 65.9 Å². The van der Waals surface area contributed by atoms with E-state index in [0.29, 0.717) is 30.1 Å². The van der Waals surface area contributed by atoms with E-state index in [2.05, 4.69) is 36.6 Å². The number of Topliss-reactive ketones (excluding diaryl/α,β-unsaturated/α-hetero) is 1. The summed E-state index contributed by atoms with van der Waals surface area (Å²) in [6, 6.07) is 9.69. The zero-order valence-electron chi connectivity index (χ0n) is 31.6. The van der Waals surface area contributed by atoms with Crippen molar-refractivity contribution in [1.29, 1.82) is 0 Å². The number of ketones is 1. The SMILES string of the molecule is CC(=O)N[C@H]1Cc2ccc(cc2)OC/C=C\CNC(=O)C[C@@H](C(=O)N[C@@H](CCCN=C(C)N)C(=O)c2nc3ccccc3s2)NC(=O)[C@H](CC(C)C)NC1=O. The molecule has 5 amide bonds. The highest BCUT2D eigenvalue weighted by molar-refractivity contribution is 7.20. The van der Waals surface area contributed by atoms with Crippen molar-refractivity contribution in [3.63, 3.8) is 0 Å². The number of hydrogen-bond donors (Lipinski definition) is 6. The van der Waals surface area contributed by atoms with Gasteiger partial charge >= 0.3 is 0 Å². The molecule has 0 saturated heterocycles. The maximum atomic E-state index is 14.1. The summed E-state index contributed by atoms with van der Waals surface area (Å²) in [5.74, 6) is -2.63. The van der Waals surface area contributed by atoms with Crippen LogP contribution in [0.5, 0.6) is 5.75 Å². The number of carbonyl (C=O) groups is 6. The van der Waals surface area contributed by atoms with Gasteiger partial charge in [0, 0.05) is 26.4 Å². The monoisotopic (exact) mass is 774 g/mol. The molecule has 2 bridgehead atoms. The molecule has 5 rings (SSSR count). The highest BCUT2D eigenvalue weighted by Crippen LogP contribution is 2.23. The van der Waals surface area contributed by atoms with Crippen LogP contribution in [0.2, 0.25) is 0 Å². The lowest BCUT2D eigenvalue weighted by atomic mass is 10.00. The molecule has 15 nitrogen and oxygen atoms in total. The predicted molar refractivity (Wildman–Crippen MR) is 211 cm³/mol. The van der Waals surface area contributed by atoms with Crippen LogP contribution in [0, 0.1) is 5.92 Å². The van der Waals surface area contributed by atoms with Crippen molar-refractivity contribution in [3.8, 4) is 5.75 Å². The topological polar surface area (TPSA) is 223 Å². The zero-order valence-corrected chi connectivity index (χ0v) is 32.4. The number of nitrogens with one attached hydrogen (secondary N) is 5. The van der Waals surface area contributed by atoms with Gasteiger partial charge in [-0.2, -0.15) is 0 Å². The van der Waals surface area contributed by atoms with E-state index in [4.69, 9.17) is 10.5 Å². The lowest BCUT2D eigenvalue weighted by molar-refractivity contribution is -0.135. The molecule has 294 valence electrons. The Bertz CT molecular complexity index is 1850. The van der Waals surface area contributed by atoms with Crippen LogP contribution < -0.4 is 37.1 Å². The van der Waals surface area contributed by atoms with Crippen molar-refractivity contribution in [2.45, 2.75) is 84.0 Å². The Balaban J connectivity index is 1.63. The molecule has 7 N–H and O–H groups in total. The van der Waals surface area contributed by atoms with Crippen LogP contribution in [-0.2, 0) is 30.4 Å². The first-order valence-corrected chi connectivity index (χ1v) is 19.1. The largest absolute Gasteiger partial charge is 0.490 e. The lowest BCUT2D eigenvalue weighted by Gasteiger charge is -2.27. The zero-order chi connectivity index (χ0) is 39.9. The molecule has 2 aromatic carbocycles. The van der Waals surface area contributed by atoms with Crippen LogP contribution in [-0.4, -0.2) is 90.0 Å². The fraction of sp³-hybridized carbons (Fsp3) is 0.436. The Labute approximate surface area is 324 Å². The fourth-order valence-electron chi connectivity index (χ4n) is 5.81. The first-order chi connectivity index (χ1) is 26.3. The molecule has 3 heterocycles. The number of nitrogens with two attached hydrogens (primary N) is 1. The maximum Gasteiger partial charge on any atom is 0.243 e. The molecule has 0 radical (unpaired) electrons. The van der Waals surface area contributed by atoms with E-state index in [9.17, 15) is 28.8 Å². The maximum absolute atomic E-state index is 14.1. The van der Waals surface area contributed by atoms with Crippen LogP contribution in [0.1, 0.15) is 68.7 Å². The number of thiazole rings is 1. The summed E-state index contributed by atoms with van der Waals surface area (Å²) < 4.78 is 6.55. The first-order valence-electron chi connectivity index (χ1n) is 18.3. The molecule has 0 unspecified atom stereocenters. The summed E-state index contributed by atoms with van der Waals surface area (Å²) in [6.07, 6.45) is 3.84. The Morgan fingerprint density at radius 3 is 2.44 bits per heavy atom. The summed E-state index contributed by atoms with van der Waals surface area (Å²) in [6.45, 7) is 7.32. The Kier molecular flexibility index (Phi) is 15.9. The standard InChI is InChI=1S/C39H50N8O7S/c1-23(2)20-30-36(51)46-32(38(53)44-29(11-9-18-41-24(3)40)35(50)39-47-28-10-5-6-12-33(28)55-39)22-34(49)42-17-7-8-19-54-27-15-13-26(14-16-27)21-31(37(52)45-30)43-25(4)48/h5-8,10,12-16,23,29-32H,9,11,17-22H2,1-4H3,(H2,40,41)(H,42,49)(H,43,48)(H,44,53)(H,45,52)(H,46,51)/b8-7-/t29-,30-,31-,32-/m0/s1. The highest BCUT2D eigenvalue weighted by Gasteiger charge is 2.33. The number of aromatic nitrogens is 1. The third-order valence-electron chi connectivity index (χ3n) is 8.50. The van der Waals surface area contributed by atoms with E-state index in [0.717, 1.165) is 10.3 Å². The Hall–Kier alpha value is -5.64. The summed E-state index contributed by atoms with van der Waals surface area (Å²) in [4.78, 5) is 89.7.